The number of fused-ring (bicyclic) bond motifs is 12. The van der Waals surface area contributed by atoms with Gasteiger partial charge in [0.25, 0.3) is 0 Å². The van der Waals surface area contributed by atoms with Crippen LogP contribution in [0.15, 0.2) is 140 Å². The molecular weight excluding hydrogens is 522 g/mol. The van der Waals surface area contributed by atoms with Gasteiger partial charge in [0.15, 0.2) is 0 Å². The molecule has 9 rings (SSSR count). The van der Waals surface area contributed by atoms with Gasteiger partial charge in [-0.05, 0) is 79.5 Å². The van der Waals surface area contributed by atoms with E-state index in [-0.39, 0.29) is 5.41 Å². The van der Waals surface area contributed by atoms with E-state index in [4.69, 9.17) is 4.98 Å². The molecule has 0 N–H and O–H groups in total. The van der Waals surface area contributed by atoms with Crippen molar-refractivity contribution in [1.82, 2.24) is 9.97 Å². The van der Waals surface area contributed by atoms with E-state index >= 15 is 0 Å². The molecule has 2 aromatic heterocycles. The Morgan fingerprint density at radius 2 is 1.21 bits per heavy atom. The van der Waals surface area contributed by atoms with Crippen LogP contribution in [0, 0.1) is 11.3 Å². The van der Waals surface area contributed by atoms with Gasteiger partial charge in [-0.15, -0.1) is 0 Å². The zero-order valence-corrected chi connectivity index (χ0v) is 23.1. The van der Waals surface area contributed by atoms with E-state index in [0.29, 0.717) is 5.56 Å². The average molecular weight is 546 g/mol. The van der Waals surface area contributed by atoms with Crippen LogP contribution in [0.5, 0.6) is 0 Å². The van der Waals surface area contributed by atoms with Crippen LogP contribution in [0.4, 0.5) is 0 Å². The molecular formula is C40H23N3. The molecule has 7 aromatic rings. The molecule has 0 fully saturated rings. The second-order valence-corrected chi connectivity index (χ2v) is 11.3. The van der Waals surface area contributed by atoms with Crippen LogP contribution >= 0.6 is 0 Å². The first-order chi connectivity index (χ1) is 21.3. The molecule has 2 heterocycles. The van der Waals surface area contributed by atoms with Crippen LogP contribution in [0.2, 0.25) is 0 Å². The van der Waals surface area contributed by atoms with Crippen LogP contribution in [-0.2, 0) is 5.41 Å². The lowest BCUT2D eigenvalue weighted by atomic mass is 9.70. The van der Waals surface area contributed by atoms with Crippen molar-refractivity contribution < 1.29 is 0 Å². The molecule has 0 amide bonds. The largest absolute Gasteiger partial charge is 0.263 e. The minimum atomic E-state index is -0.390. The first kappa shape index (κ1) is 23.8. The Morgan fingerprint density at radius 3 is 2.00 bits per heavy atom. The smallest absolute Gasteiger partial charge is 0.101 e. The maximum Gasteiger partial charge on any atom is 0.101 e. The fourth-order valence-electron chi connectivity index (χ4n) is 7.47. The Hall–Kier alpha value is -5.85. The van der Waals surface area contributed by atoms with Crippen molar-refractivity contribution in [1.29, 1.82) is 5.26 Å². The lowest BCUT2D eigenvalue weighted by Crippen LogP contribution is -2.25. The third-order valence-corrected chi connectivity index (χ3v) is 9.19. The minimum Gasteiger partial charge on any atom is -0.263 e. The summed E-state index contributed by atoms with van der Waals surface area (Å²) in [4.78, 5) is 9.29. The number of rotatable bonds is 2. The fourth-order valence-corrected chi connectivity index (χ4v) is 7.47. The summed E-state index contributed by atoms with van der Waals surface area (Å²) in [6, 6.07) is 48.1. The molecule has 2 aliphatic carbocycles. The first-order valence-corrected chi connectivity index (χ1v) is 14.5. The predicted molar refractivity (Wildman–Crippen MR) is 171 cm³/mol. The van der Waals surface area contributed by atoms with E-state index in [1.165, 1.54) is 55.3 Å². The van der Waals surface area contributed by atoms with Crippen molar-refractivity contribution in [2.75, 3.05) is 0 Å². The van der Waals surface area contributed by atoms with Gasteiger partial charge >= 0.3 is 0 Å². The van der Waals surface area contributed by atoms with Crippen LogP contribution in [-0.4, -0.2) is 9.97 Å². The molecule has 0 radical (unpaired) electrons. The monoisotopic (exact) mass is 545 g/mol. The highest BCUT2D eigenvalue weighted by molar-refractivity contribution is 6.06. The molecule has 43 heavy (non-hydrogen) atoms. The number of aromatic nitrogens is 2. The molecule has 3 heteroatoms. The van der Waals surface area contributed by atoms with Gasteiger partial charge in [-0.3, -0.25) is 4.98 Å². The van der Waals surface area contributed by atoms with Crippen molar-refractivity contribution in [2.45, 2.75) is 5.41 Å². The predicted octanol–water partition coefficient (Wildman–Crippen LogP) is 9.18. The summed E-state index contributed by atoms with van der Waals surface area (Å²) in [5.41, 5.74) is 14.2. The van der Waals surface area contributed by atoms with Crippen LogP contribution in [0.25, 0.3) is 55.5 Å². The maximum atomic E-state index is 9.39. The summed E-state index contributed by atoms with van der Waals surface area (Å²) in [5.74, 6) is 0. The highest BCUT2D eigenvalue weighted by Crippen LogP contribution is 2.63. The van der Waals surface area contributed by atoms with Crippen molar-refractivity contribution in [3.8, 4) is 50.8 Å². The lowest BCUT2D eigenvalue weighted by Gasteiger charge is -2.30. The van der Waals surface area contributed by atoms with Crippen molar-refractivity contribution >= 4 is 10.8 Å². The van der Waals surface area contributed by atoms with E-state index in [1.807, 2.05) is 18.2 Å². The number of pyridine rings is 2. The zero-order valence-electron chi connectivity index (χ0n) is 23.1. The Kier molecular flexibility index (Phi) is 4.89. The normalized spacial score (nSPS) is 13.3. The Labute approximate surface area is 249 Å². The van der Waals surface area contributed by atoms with Crippen molar-refractivity contribution in [3.05, 3.63) is 168 Å². The lowest BCUT2D eigenvalue weighted by molar-refractivity contribution is 0.794. The van der Waals surface area contributed by atoms with Gasteiger partial charge < -0.3 is 0 Å². The van der Waals surface area contributed by atoms with Gasteiger partial charge in [0.1, 0.15) is 6.07 Å². The van der Waals surface area contributed by atoms with Gasteiger partial charge in [0, 0.05) is 23.5 Å². The molecule has 3 nitrogen and oxygen atoms in total. The molecule has 198 valence electrons. The van der Waals surface area contributed by atoms with E-state index < -0.39 is 0 Å². The Bertz CT molecular complexity index is 2280. The Balaban J connectivity index is 1.33. The second-order valence-electron chi connectivity index (χ2n) is 11.3. The number of hydrogen-bond donors (Lipinski definition) is 0. The highest BCUT2D eigenvalue weighted by atomic mass is 14.7. The summed E-state index contributed by atoms with van der Waals surface area (Å²) < 4.78 is 0. The van der Waals surface area contributed by atoms with Crippen LogP contribution in [0.1, 0.15) is 27.8 Å². The third kappa shape index (κ3) is 3.18. The number of benzene rings is 5. The minimum absolute atomic E-state index is 0.390. The van der Waals surface area contributed by atoms with E-state index in [1.54, 1.807) is 12.4 Å². The molecule has 0 unspecified atom stereocenters. The van der Waals surface area contributed by atoms with Gasteiger partial charge in [-0.2, -0.15) is 5.26 Å². The van der Waals surface area contributed by atoms with E-state index in [9.17, 15) is 5.26 Å². The molecule has 0 bridgehead atoms. The summed E-state index contributed by atoms with van der Waals surface area (Å²) >= 11 is 0. The second kappa shape index (κ2) is 8.82. The van der Waals surface area contributed by atoms with Crippen molar-refractivity contribution in [2.24, 2.45) is 0 Å². The van der Waals surface area contributed by atoms with Gasteiger partial charge in [0.05, 0.1) is 22.4 Å². The fraction of sp³-hybridized carbons (Fsp3) is 0.0250. The van der Waals surface area contributed by atoms with E-state index in [0.717, 1.165) is 22.5 Å². The van der Waals surface area contributed by atoms with Crippen LogP contribution < -0.4 is 0 Å². The summed E-state index contributed by atoms with van der Waals surface area (Å²) in [6.07, 6.45) is 3.33. The molecule has 0 saturated heterocycles. The third-order valence-electron chi connectivity index (χ3n) is 9.19. The summed E-state index contributed by atoms with van der Waals surface area (Å²) in [7, 11) is 0. The highest BCUT2D eigenvalue weighted by Gasteiger charge is 2.51. The molecule has 5 aromatic carbocycles. The maximum absolute atomic E-state index is 9.39. The number of hydrogen-bond acceptors (Lipinski definition) is 3. The van der Waals surface area contributed by atoms with E-state index in [2.05, 4.69) is 120 Å². The first-order valence-electron chi connectivity index (χ1n) is 14.5. The standard InChI is InChI=1S/C40H23N3/c41-22-25-20-28(24-42-23-25)38-15-7-14-37(43-38)27-17-18-35-32(21-27)39-29-9-2-1-8-26(29)16-19-36(39)40(35)33-12-5-3-10-30(33)31-11-4-6-13-34(31)40/h1-21,23-24H. The van der Waals surface area contributed by atoms with Crippen LogP contribution in [0.3, 0.4) is 0 Å². The average Bonchev–Trinajstić information content (AvgIpc) is 3.55. The molecule has 2 aliphatic rings. The SMILES string of the molecule is N#Cc1cncc(-c2cccc(-c3ccc4c(c3)-c3c(ccc5ccccc35)C43c4ccccc4-c4ccccc43)n2)c1. The Morgan fingerprint density at radius 1 is 0.535 bits per heavy atom. The quantitative estimate of drug-likeness (QED) is 0.218. The zero-order chi connectivity index (χ0) is 28.5. The summed E-state index contributed by atoms with van der Waals surface area (Å²) in [5, 5.41) is 11.9. The molecule has 1 spiro atoms. The molecule has 0 aliphatic heterocycles. The van der Waals surface area contributed by atoms with Gasteiger partial charge in [0.2, 0.25) is 0 Å². The molecule has 0 saturated carbocycles. The topological polar surface area (TPSA) is 49.6 Å². The van der Waals surface area contributed by atoms with Crippen molar-refractivity contribution in [3.63, 3.8) is 0 Å². The number of nitriles is 1. The number of nitrogens with zero attached hydrogens (tertiary/aromatic N) is 3. The summed E-state index contributed by atoms with van der Waals surface area (Å²) in [6.45, 7) is 0. The van der Waals surface area contributed by atoms with Gasteiger partial charge in [-0.1, -0.05) is 103 Å². The van der Waals surface area contributed by atoms with Gasteiger partial charge in [-0.25, -0.2) is 4.98 Å². The molecule has 0 atom stereocenters.